The van der Waals surface area contributed by atoms with Crippen LogP contribution in [0.4, 0.5) is 22.0 Å². The Morgan fingerprint density at radius 3 is 2.56 bits per heavy atom. The Balaban J connectivity index is 1.51. The molecule has 0 saturated carbocycles. The summed E-state index contributed by atoms with van der Waals surface area (Å²) in [6.45, 7) is 1.07. The molecule has 2 aromatic heterocycles. The smallest absolute Gasteiger partial charge is 0.350 e. The second-order valence-electron chi connectivity index (χ2n) is 7.91. The van der Waals surface area contributed by atoms with Crippen LogP contribution in [-0.4, -0.2) is 51.7 Å². The van der Waals surface area contributed by atoms with Gasteiger partial charge in [0.25, 0.3) is 0 Å². The van der Waals surface area contributed by atoms with Crippen LogP contribution < -0.4 is 5.32 Å². The maximum absolute atomic E-state index is 14.5. The lowest BCUT2D eigenvalue weighted by atomic mass is 10.1. The number of nitrogens with one attached hydrogen (secondary N) is 1. The Bertz CT molecular complexity index is 1380. The van der Waals surface area contributed by atoms with Gasteiger partial charge in [0.1, 0.15) is 23.0 Å². The Labute approximate surface area is 210 Å². The lowest BCUT2D eigenvalue weighted by Gasteiger charge is -2.26. The van der Waals surface area contributed by atoms with Crippen LogP contribution in [0.5, 0.6) is 0 Å². The molecule has 1 amide bonds. The molecule has 8 nitrogen and oxygen atoms in total. The molecule has 0 spiro atoms. The molecule has 4 rings (SSSR count). The van der Waals surface area contributed by atoms with Gasteiger partial charge in [-0.15, -0.1) is 0 Å². The number of carbonyl (C=O) groups is 1. The molecule has 0 unspecified atom stereocenters. The summed E-state index contributed by atoms with van der Waals surface area (Å²) in [6.07, 6.45) is -4.39. The van der Waals surface area contributed by atoms with Gasteiger partial charge in [0.2, 0.25) is 15.9 Å². The monoisotopic (exact) mass is 569 g/mol. The molecule has 1 aliphatic heterocycles. The van der Waals surface area contributed by atoms with E-state index >= 15 is 0 Å². The quantitative estimate of drug-likeness (QED) is 0.454. The summed E-state index contributed by atoms with van der Waals surface area (Å²) >= 11 is 6.40. The van der Waals surface area contributed by atoms with E-state index in [9.17, 15) is 35.2 Å². The van der Waals surface area contributed by atoms with Gasteiger partial charge < -0.3 is 5.32 Å². The minimum atomic E-state index is -4.62. The van der Waals surface area contributed by atoms with Gasteiger partial charge >= 0.3 is 6.18 Å². The van der Waals surface area contributed by atoms with Crippen molar-refractivity contribution >= 4 is 38.9 Å². The van der Waals surface area contributed by atoms with Crippen molar-refractivity contribution < 1.29 is 35.2 Å². The molecule has 3 aromatic rings. The summed E-state index contributed by atoms with van der Waals surface area (Å²) in [4.78, 5) is 15.9. The topological polar surface area (TPSA) is 97.2 Å². The third kappa shape index (κ3) is 5.10. The third-order valence-electron chi connectivity index (χ3n) is 5.53. The Morgan fingerprint density at radius 2 is 1.94 bits per heavy atom. The Hall–Kier alpha value is -2.62. The summed E-state index contributed by atoms with van der Waals surface area (Å²) in [7, 11) is -4.34. The minimum Gasteiger partial charge on any atom is -0.350 e. The molecule has 0 bridgehead atoms. The summed E-state index contributed by atoms with van der Waals surface area (Å²) < 4.78 is 94.3. The number of nitrogens with zero attached hydrogens (tertiary/aromatic N) is 4. The molecule has 1 fully saturated rings. The van der Waals surface area contributed by atoms with Crippen LogP contribution in [0.2, 0.25) is 5.15 Å². The van der Waals surface area contributed by atoms with E-state index in [1.807, 2.05) is 0 Å². The number of benzene rings is 1. The Morgan fingerprint density at radius 1 is 1.28 bits per heavy atom. The van der Waals surface area contributed by atoms with Crippen LogP contribution in [0.25, 0.3) is 5.00 Å². The highest BCUT2D eigenvalue weighted by Crippen LogP contribution is 2.35. The van der Waals surface area contributed by atoms with Gasteiger partial charge in [0.15, 0.2) is 10.2 Å². The number of hydrogen-bond donors (Lipinski definition) is 1. The molecule has 3 atom stereocenters. The van der Waals surface area contributed by atoms with E-state index in [4.69, 9.17) is 11.6 Å². The van der Waals surface area contributed by atoms with Crippen molar-refractivity contribution in [3.63, 3.8) is 0 Å². The van der Waals surface area contributed by atoms with E-state index in [0.29, 0.717) is 11.3 Å². The van der Waals surface area contributed by atoms with E-state index in [-0.39, 0.29) is 27.2 Å². The molecular formula is C20H17ClF5N5O3S2. The van der Waals surface area contributed by atoms with Crippen molar-refractivity contribution in [3.8, 4) is 5.00 Å². The van der Waals surface area contributed by atoms with E-state index < -0.39 is 57.6 Å². The summed E-state index contributed by atoms with van der Waals surface area (Å²) in [6, 6.07) is 1.38. The normalized spacial score (nSPS) is 21.1. The van der Waals surface area contributed by atoms with Crippen molar-refractivity contribution in [1.82, 2.24) is 24.4 Å². The molecule has 1 saturated heterocycles. The lowest BCUT2D eigenvalue weighted by molar-refractivity contribution is -0.137. The predicted molar refractivity (Wildman–Crippen MR) is 119 cm³/mol. The first kappa shape index (κ1) is 26.4. The van der Waals surface area contributed by atoms with Crippen LogP contribution in [0.1, 0.15) is 23.9 Å². The molecule has 1 aliphatic rings. The molecule has 16 heteroatoms. The number of halogens is 6. The summed E-state index contributed by atoms with van der Waals surface area (Å²) in [5.74, 6) is -1.47. The van der Waals surface area contributed by atoms with Gasteiger partial charge in [-0.3, -0.25) is 4.79 Å². The number of alkyl halides is 4. The van der Waals surface area contributed by atoms with Gasteiger partial charge in [0.05, 0.1) is 17.1 Å². The standard InChI is InChI=1S/C20H17ClF5N5O3S2/c1-10-14(23)6-15(31(10)36(33,34)13-4-2-12(22)3-5-13)18(32)27-7-11-9-30(29-17(11)21)16-8-28-19(35-16)20(24,25)26/h2-5,8-10,14-15H,6-7H2,1H3,(H,27,32)/t10-,14+,15-/m0/s1. The molecule has 36 heavy (non-hydrogen) atoms. The maximum Gasteiger partial charge on any atom is 0.443 e. The fourth-order valence-corrected chi connectivity index (χ4v) is 6.44. The number of rotatable bonds is 6. The van der Waals surface area contributed by atoms with E-state index in [1.54, 1.807) is 0 Å². The van der Waals surface area contributed by atoms with Crippen LogP contribution in [0.3, 0.4) is 0 Å². The van der Waals surface area contributed by atoms with Gasteiger partial charge in [-0.05, 0) is 31.2 Å². The molecule has 194 valence electrons. The first-order valence-electron chi connectivity index (χ1n) is 10.3. The summed E-state index contributed by atoms with van der Waals surface area (Å²) in [5, 5.41) is 5.24. The van der Waals surface area contributed by atoms with Crippen molar-refractivity contribution in [2.24, 2.45) is 0 Å². The second-order valence-corrected chi connectivity index (χ2v) is 11.1. The van der Waals surface area contributed by atoms with Crippen LogP contribution in [0.15, 0.2) is 41.6 Å². The highest BCUT2D eigenvalue weighted by Gasteiger charge is 2.49. The van der Waals surface area contributed by atoms with Gasteiger partial charge in [-0.1, -0.05) is 22.9 Å². The largest absolute Gasteiger partial charge is 0.443 e. The molecule has 1 aromatic carbocycles. The second kappa shape index (κ2) is 9.68. The predicted octanol–water partition coefficient (Wildman–Crippen LogP) is 3.95. The van der Waals surface area contributed by atoms with Gasteiger partial charge in [-0.2, -0.15) is 22.6 Å². The minimum absolute atomic E-state index is 0.0308. The molecule has 0 aliphatic carbocycles. The number of hydrogen-bond acceptors (Lipinski definition) is 6. The molecule has 1 N–H and O–H groups in total. The first-order valence-corrected chi connectivity index (χ1v) is 12.9. The summed E-state index contributed by atoms with van der Waals surface area (Å²) in [5.41, 5.74) is 0.225. The first-order chi connectivity index (χ1) is 16.8. The number of sulfonamides is 1. The highest BCUT2D eigenvalue weighted by molar-refractivity contribution is 7.89. The van der Waals surface area contributed by atoms with E-state index in [2.05, 4.69) is 15.4 Å². The van der Waals surface area contributed by atoms with Gasteiger partial charge in [-0.25, -0.2) is 26.9 Å². The van der Waals surface area contributed by atoms with E-state index in [1.165, 1.54) is 13.1 Å². The highest BCUT2D eigenvalue weighted by atomic mass is 35.5. The fourth-order valence-electron chi connectivity index (χ4n) is 3.72. The van der Waals surface area contributed by atoms with E-state index in [0.717, 1.165) is 39.4 Å². The number of aromatic nitrogens is 3. The Kier molecular flexibility index (Phi) is 7.11. The van der Waals surface area contributed by atoms with Crippen molar-refractivity contribution in [2.75, 3.05) is 0 Å². The van der Waals surface area contributed by atoms with Crippen LogP contribution in [-0.2, 0) is 27.5 Å². The molecular weight excluding hydrogens is 553 g/mol. The van der Waals surface area contributed by atoms with Crippen LogP contribution in [0, 0.1) is 5.82 Å². The maximum atomic E-state index is 14.5. The van der Waals surface area contributed by atoms with Crippen molar-refractivity contribution in [1.29, 1.82) is 0 Å². The van der Waals surface area contributed by atoms with Crippen molar-refractivity contribution in [2.45, 2.75) is 49.2 Å². The molecule has 3 heterocycles. The average molecular weight is 570 g/mol. The number of thiazole rings is 1. The van der Waals surface area contributed by atoms with Crippen molar-refractivity contribution in [3.05, 3.63) is 58.2 Å². The fraction of sp³-hybridized carbons (Fsp3) is 0.350. The SMILES string of the molecule is C[C@H]1[C@H](F)C[C@@H](C(=O)NCc2cn(-c3cnc(C(F)(F)F)s3)nc2Cl)N1S(=O)(=O)c1ccc(F)cc1. The zero-order chi connectivity index (χ0) is 26.4. The van der Waals surface area contributed by atoms with Crippen LogP contribution >= 0.6 is 22.9 Å². The number of amides is 1. The zero-order valence-electron chi connectivity index (χ0n) is 18.2. The lowest BCUT2D eigenvalue weighted by Crippen LogP contribution is -2.48. The average Bonchev–Trinajstić information content (AvgIpc) is 3.50. The number of carbonyl (C=O) groups excluding carboxylic acids is 1. The zero-order valence-corrected chi connectivity index (χ0v) is 20.6. The van der Waals surface area contributed by atoms with Gasteiger partial charge in [0, 0.05) is 24.7 Å². The molecule has 0 radical (unpaired) electrons. The third-order valence-corrected chi connectivity index (χ3v) is 8.89.